The average molecular weight is 289 g/mol. The Morgan fingerprint density at radius 2 is 1.70 bits per heavy atom. The molecule has 0 aromatic heterocycles. The van der Waals surface area contributed by atoms with E-state index in [1.165, 1.54) is 0 Å². The summed E-state index contributed by atoms with van der Waals surface area (Å²) in [6, 6.07) is 13.1. The van der Waals surface area contributed by atoms with Gasteiger partial charge in [-0.15, -0.1) is 0 Å². The molecule has 2 aromatic carbocycles. The molecule has 3 amide bonds. The number of urea groups is 1. The molecule has 0 bridgehead atoms. The minimum atomic E-state index is -0.593. The Kier molecular flexibility index (Phi) is 4.38. The van der Waals surface area contributed by atoms with Gasteiger partial charge in [-0.1, -0.05) is 35.9 Å². The summed E-state index contributed by atoms with van der Waals surface area (Å²) < 4.78 is 0. The summed E-state index contributed by atoms with van der Waals surface area (Å²) in [7, 11) is 0. The zero-order valence-corrected chi connectivity index (χ0v) is 11.6. The smallest absolute Gasteiger partial charge is 0.307 e. The van der Waals surface area contributed by atoms with E-state index in [9.17, 15) is 9.59 Å². The van der Waals surface area contributed by atoms with Crippen LogP contribution in [0.15, 0.2) is 48.5 Å². The number of hydrogen-bond acceptors (Lipinski definition) is 2. The number of hydrogen-bond donors (Lipinski definition) is 2. The van der Waals surface area contributed by atoms with E-state index in [0.29, 0.717) is 16.3 Å². The van der Waals surface area contributed by atoms with E-state index in [-0.39, 0.29) is 0 Å². The fourth-order valence-corrected chi connectivity index (χ4v) is 1.84. The van der Waals surface area contributed by atoms with Crippen molar-refractivity contribution in [2.24, 2.45) is 0 Å². The highest BCUT2D eigenvalue weighted by Crippen LogP contribution is 2.22. The molecule has 0 aliphatic carbocycles. The Morgan fingerprint density at radius 1 is 1.00 bits per heavy atom. The highest BCUT2D eigenvalue weighted by atomic mass is 35.5. The van der Waals surface area contributed by atoms with Gasteiger partial charge in [0.15, 0.2) is 0 Å². The number of carbonyl (C=O) groups excluding carboxylic acids is 2. The molecule has 5 heteroatoms. The predicted octanol–water partition coefficient (Wildman–Crippen LogP) is 3.61. The zero-order chi connectivity index (χ0) is 14.5. The maximum atomic E-state index is 11.8. The first-order chi connectivity index (χ1) is 9.58. The third kappa shape index (κ3) is 3.36. The van der Waals surface area contributed by atoms with Crippen molar-refractivity contribution in [2.75, 3.05) is 5.32 Å². The van der Waals surface area contributed by atoms with Gasteiger partial charge in [-0.3, -0.25) is 10.1 Å². The van der Waals surface area contributed by atoms with Crippen molar-refractivity contribution in [3.63, 3.8) is 0 Å². The molecule has 0 unspecified atom stereocenters. The van der Waals surface area contributed by atoms with Crippen molar-refractivity contribution in [3.8, 4) is 0 Å². The van der Waals surface area contributed by atoms with Crippen LogP contribution < -0.4 is 10.6 Å². The number of anilines is 1. The lowest BCUT2D eigenvalue weighted by molar-refractivity contribution is 0.0967. The van der Waals surface area contributed by atoms with Gasteiger partial charge in [-0.2, -0.15) is 0 Å². The maximum Gasteiger partial charge on any atom is 0.326 e. The van der Waals surface area contributed by atoms with Gasteiger partial charge in [-0.05, 0) is 36.8 Å². The van der Waals surface area contributed by atoms with Gasteiger partial charge >= 0.3 is 6.03 Å². The molecule has 0 saturated heterocycles. The summed E-state index contributed by atoms with van der Waals surface area (Å²) in [6.07, 6.45) is 0. The van der Waals surface area contributed by atoms with Crippen LogP contribution in [0.5, 0.6) is 0 Å². The number of amides is 3. The van der Waals surface area contributed by atoms with E-state index in [1.54, 1.807) is 55.5 Å². The average Bonchev–Trinajstić information content (AvgIpc) is 2.45. The molecule has 0 spiro atoms. The monoisotopic (exact) mass is 288 g/mol. The first kappa shape index (κ1) is 14.1. The summed E-state index contributed by atoms with van der Waals surface area (Å²) in [4.78, 5) is 23.6. The van der Waals surface area contributed by atoms with Gasteiger partial charge in [0.25, 0.3) is 5.91 Å². The van der Waals surface area contributed by atoms with Crippen LogP contribution in [-0.2, 0) is 0 Å². The van der Waals surface area contributed by atoms with Gasteiger partial charge in [0.2, 0.25) is 0 Å². The number of benzene rings is 2. The molecule has 0 radical (unpaired) electrons. The van der Waals surface area contributed by atoms with Crippen LogP contribution in [0.3, 0.4) is 0 Å². The first-order valence-corrected chi connectivity index (χ1v) is 6.38. The fourth-order valence-electron chi connectivity index (χ4n) is 1.66. The lowest BCUT2D eigenvalue weighted by Crippen LogP contribution is -2.34. The summed E-state index contributed by atoms with van der Waals surface area (Å²) in [6.45, 7) is 1.79. The number of rotatable bonds is 2. The van der Waals surface area contributed by atoms with Gasteiger partial charge in [0.1, 0.15) is 0 Å². The zero-order valence-electron chi connectivity index (χ0n) is 10.8. The molecule has 0 heterocycles. The second-order valence-electron chi connectivity index (χ2n) is 4.19. The summed E-state index contributed by atoms with van der Waals surface area (Å²) in [5, 5.41) is 5.41. The second kappa shape index (κ2) is 6.21. The predicted molar refractivity (Wildman–Crippen MR) is 79.1 cm³/mol. The van der Waals surface area contributed by atoms with E-state index in [1.807, 2.05) is 0 Å². The Morgan fingerprint density at radius 3 is 2.40 bits per heavy atom. The molecule has 2 aromatic rings. The molecule has 2 rings (SSSR count). The number of halogens is 1. The second-order valence-corrected chi connectivity index (χ2v) is 4.59. The minimum absolute atomic E-state index is 0.422. The normalized spacial score (nSPS) is 9.90. The molecule has 20 heavy (non-hydrogen) atoms. The van der Waals surface area contributed by atoms with E-state index < -0.39 is 11.9 Å². The van der Waals surface area contributed by atoms with Crippen LogP contribution in [0, 0.1) is 6.92 Å². The summed E-state index contributed by atoms with van der Waals surface area (Å²) in [5.41, 5.74) is 1.73. The van der Waals surface area contributed by atoms with E-state index in [0.717, 1.165) is 5.56 Å². The van der Waals surface area contributed by atoms with Crippen LogP contribution in [-0.4, -0.2) is 11.9 Å². The number of carbonyl (C=O) groups is 2. The Labute approximate surface area is 121 Å². The largest absolute Gasteiger partial charge is 0.326 e. The van der Waals surface area contributed by atoms with Crippen molar-refractivity contribution in [2.45, 2.75) is 6.92 Å². The molecule has 0 atom stereocenters. The lowest BCUT2D eigenvalue weighted by atomic mass is 10.2. The first-order valence-electron chi connectivity index (χ1n) is 6.00. The Balaban J connectivity index is 2.03. The van der Waals surface area contributed by atoms with Crippen molar-refractivity contribution in [1.29, 1.82) is 0 Å². The molecule has 4 nitrogen and oxygen atoms in total. The van der Waals surface area contributed by atoms with Gasteiger partial charge in [0, 0.05) is 16.3 Å². The molecular formula is C15H13ClN2O2. The molecule has 0 saturated carbocycles. The minimum Gasteiger partial charge on any atom is -0.307 e. The fraction of sp³-hybridized carbons (Fsp3) is 0.0667. The van der Waals surface area contributed by atoms with E-state index >= 15 is 0 Å². The molecule has 2 N–H and O–H groups in total. The SMILES string of the molecule is Cc1c(Cl)cccc1NC(=O)NC(=O)c1ccccc1. The highest BCUT2D eigenvalue weighted by molar-refractivity contribution is 6.31. The Bertz CT molecular complexity index is 642. The Hall–Kier alpha value is -2.33. The van der Waals surface area contributed by atoms with Crippen molar-refractivity contribution < 1.29 is 9.59 Å². The standard InChI is InChI=1S/C15H13ClN2O2/c1-10-12(16)8-5-9-13(10)17-15(20)18-14(19)11-6-3-2-4-7-11/h2-9H,1H3,(H2,17,18,19,20). The molecule has 0 aliphatic heterocycles. The van der Waals surface area contributed by atoms with Crippen LogP contribution in [0.1, 0.15) is 15.9 Å². The third-order valence-corrected chi connectivity index (χ3v) is 3.19. The molecule has 0 fully saturated rings. The van der Waals surface area contributed by atoms with Crippen molar-refractivity contribution in [3.05, 3.63) is 64.7 Å². The molecule has 102 valence electrons. The summed E-state index contributed by atoms with van der Waals surface area (Å²) >= 11 is 5.96. The third-order valence-electron chi connectivity index (χ3n) is 2.78. The van der Waals surface area contributed by atoms with Crippen LogP contribution in [0.2, 0.25) is 5.02 Å². The van der Waals surface area contributed by atoms with E-state index in [4.69, 9.17) is 11.6 Å². The van der Waals surface area contributed by atoms with Crippen LogP contribution in [0.4, 0.5) is 10.5 Å². The molecular weight excluding hydrogens is 276 g/mol. The lowest BCUT2D eigenvalue weighted by Gasteiger charge is -2.10. The quantitative estimate of drug-likeness (QED) is 0.887. The van der Waals surface area contributed by atoms with Gasteiger partial charge < -0.3 is 5.32 Å². The topological polar surface area (TPSA) is 58.2 Å². The number of imide groups is 1. The van der Waals surface area contributed by atoms with Crippen molar-refractivity contribution >= 4 is 29.2 Å². The van der Waals surface area contributed by atoms with E-state index in [2.05, 4.69) is 10.6 Å². The van der Waals surface area contributed by atoms with Gasteiger partial charge in [0.05, 0.1) is 0 Å². The van der Waals surface area contributed by atoms with Gasteiger partial charge in [-0.25, -0.2) is 4.79 Å². The maximum absolute atomic E-state index is 11.8. The van der Waals surface area contributed by atoms with Crippen molar-refractivity contribution in [1.82, 2.24) is 5.32 Å². The highest BCUT2D eigenvalue weighted by Gasteiger charge is 2.11. The van der Waals surface area contributed by atoms with Crippen LogP contribution in [0.25, 0.3) is 0 Å². The summed E-state index contributed by atoms with van der Waals surface area (Å²) in [5.74, 6) is -0.456. The van der Waals surface area contributed by atoms with Crippen LogP contribution >= 0.6 is 11.6 Å². The number of nitrogens with one attached hydrogen (secondary N) is 2. The molecule has 0 aliphatic rings.